The molecule has 4 saturated carbocycles. The van der Waals surface area contributed by atoms with Gasteiger partial charge in [-0.25, -0.2) is 9.78 Å². The van der Waals surface area contributed by atoms with Crippen LogP contribution >= 0.6 is 8.25 Å². The van der Waals surface area contributed by atoms with Crippen LogP contribution in [-0.4, -0.2) is 22.5 Å². The van der Waals surface area contributed by atoms with Crippen molar-refractivity contribution in [3.8, 4) is 0 Å². The zero-order chi connectivity index (χ0) is 12.8. The molecule has 5 rings (SSSR count). The first-order valence-corrected chi connectivity index (χ1v) is 7.87. The van der Waals surface area contributed by atoms with Gasteiger partial charge in [-0.05, 0) is 56.3 Å². The molecule has 5 nitrogen and oxygen atoms in total. The van der Waals surface area contributed by atoms with Gasteiger partial charge in [0.05, 0.1) is 0 Å². The molecule has 0 aromatic heterocycles. The Morgan fingerprint density at radius 2 is 1.39 bits per heavy atom. The summed E-state index contributed by atoms with van der Waals surface area (Å²) in [7, 11) is -2.87. The van der Waals surface area contributed by atoms with Gasteiger partial charge in [-0.3, -0.25) is 0 Å². The SMILES string of the molecule is C1C2CC3CC1CC(C1COO1)(C2)C3.O=[P+](O)O. The Hall–Kier alpha value is -0.0600. The monoisotopic (exact) mass is 275 g/mol. The molecule has 5 aliphatic rings. The standard InChI is InChI=1S/C12H18O2.HO3P/c1-8-2-10-3-9(1)5-12(4-8,6-10)11-7-13-14-11;1-4(2)3/h8-11H,1-7H2;(H-,1,2,3)/p+1. The molecule has 1 unspecified atom stereocenters. The van der Waals surface area contributed by atoms with Crippen molar-refractivity contribution >= 4 is 8.25 Å². The van der Waals surface area contributed by atoms with E-state index in [1.165, 1.54) is 38.5 Å². The Morgan fingerprint density at radius 3 is 1.67 bits per heavy atom. The van der Waals surface area contributed by atoms with Crippen LogP contribution < -0.4 is 0 Å². The zero-order valence-corrected chi connectivity index (χ0v) is 11.2. The number of hydrogen-bond donors (Lipinski definition) is 2. The summed E-state index contributed by atoms with van der Waals surface area (Å²) in [5.74, 6) is 3.10. The van der Waals surface area contributed by atoms with Gasteiger partial charge >= 0.3 is 8.25 Å². The van der Waals surface area contributed by atoms with Crippen molar-refractivity contribution in [2.45, 2.75) is 44.6 Å². The fraction of sp³-hybridized carbons (Fsp3) is 1.00. The molecule has 0 amide bonds. The number of rotatable bonds is 1. The van der Waals surface area contributed by atoms with E-state index in [2.05, 4.69) is 0 Å². The quantitative estimate of drug-likeness (QED) is 0.566. The van der Waals surface area contributed by atoms with Gasteiger partial charge in [0.1, 0.15) is 12.7 Å². The summed E-state index contributed by atoms with van der Waals surface area (Å²) in [4.78, 5) is 24.5. The molecule has 0 radical (unpaired) electrons. The molecule has 4 aliphatic carbocycles. The van der Waals surface area contributed by atoms with Crippen molar-refractivity contribution in [2.24, 2.45) is 23.2 Å². The molecule has 5 fully saturated rings. The predicted octanol–water partition coefficient (Wildman–Crippen LogP) is 2.16. The summed E-state index contributed by atoms with van der Waals surface area (Å²) in [6, 6.07) is 0. The second kappa shape index (κ2) is 4.80. The molecule has 1 atom stereocenters. The van der Waals surface area contributed by atoms with E-state index in [-0.39, 0.29) is 0 Å². The second-order valence-corrected chi connectivity index (χ2v) is 6.91. The number of hydrogen-bond acceptors (Lipinski definition) is 3. The summed E-state index contributed by atoms with van der Waals surface area (Å²) in [6.45, 7) is 0.867. The van der Waals surface area contributed by atoms with Crippen LogP contribution in [0.1, 0.15) is 38.5 Å². The van der Waals surface area contributed by atoms with Gasteiger partial charge in [-0.2, -0.15) is 0 Å². The predicted molar refractivity (Wildman–Crippen MR) is 63.5 cm³/mol. The molecular formula is C12H20O5P+. The van der Waals surface area contributed by atoms with Gasteiger partial charge in [0, 0.05) is 9.98 Å². The van der Waals surface area contributed by atoms with Crippen molar-refractivity contribution in [1.29, 1.82) is 0 Å². The highest BCUT2D eigenvalue weighted by atomic mass is 31.1. The average Bonchev–Trinajstić information content (AvgIpc) is 2.08. The van der Waals surface area contributed by atoms with Crippen LogP contribution in [0.4, 0.5) is 0 Å². The van der Waals surface area contributed by atoms with E-state index in [0.29, 0.717) is 11.5 Å². The van der Waals surface area contributed by atoms with Crippen molar-refractivity contribution < 1.29 is 24.1 Å². The summed E-state index contributed by atoms with van der Waals surface area (Å²) in [5.41, 5.74) is 0.549. The largest absolute Gasteiger partial charge is 0.692 e. The minimum absolute atomic E-state index is 0.455. The minimum atomic E-state index is -2.87. The van der Waals surface area contributed by atoms with Crippen molar-refractivity contribution in [2.75, 3.05) is 6.61 Å². The Morgan fingerprint density at radius 1 is 1.00 bits per heavy atom. The lowest BCUT2D eigenvalue weighted by molar-refractivity contribution is -0.454. The van der Waals surface area contributed by atoms with E-state index in [9.17, 15) is 0 Å². The molecule has 6 heteroatoms. The molecular weight excluding hydrogens is 255 g/mol. The second-order valence-electron chi connectivity index (χ2n) is 6.40. The van der Waals surface area contributed by atoms with E-state index in [1.807, 2.05) is 0 Å². The summed E-state index contributed by atoms with van der Waals surface area (Å²) >= 11 is 0. The lowest BCUT2D eigenvalue weighted by atomic mass is 9.48. The van der Waals surface area contributed by atoms with Gasteiger partial charge in [0.2, 0.25) is 0 Å². The van der Waals surface area contributed by atoms with Crippen LogP contribution in [0.2, 0.25) is 0 Å². The lowest BCUT2D eigenvalue weighted by Gasteiger charge is -2.59. The van der Waals surface area contributed by atoms with E-state index in [0.717, 1.165) is 24.4 Å². The summed E-state index contributed by atoms with van der Waals surface area (Å²) in [5, 5.41) is 0. The van der Waals surface area contributed by atoms with Crippen LogP contribution in [0.3, 0.4) is 0 Å². The Kier molecular flexibility index (Phi) is 3.45. The third-order valence-electron chi connectivity index (χ3n) is 5.17. The molecule has 4 bridgehead atoms. The molecule has 1 aliphatic heterocycles. The highest BCUT2D eigenvalue weighted by molar-refractivity contribution is 7.30. The van der Waals surface area contributed by atoms with Gasteiger partial charge < -0.3 is 0 Å². The first-order valence-electron chi connectivity index (χ1n) is 6.71. The Bertz CT molecular complexity index is 302. The zero-order valence-electron chi connectivity index (χ0n) is 10.3. The topological polar surface area (TPSA) is 76.0 Å². The van der Waals surface area contributed by atoms with E-state index in [4.69, 9.17) is 24.1 Å². The highest BCUT2D eigenvalue weighted by Gasteiger charge is 2.56. The van der Waals surface area contributed by atoms with Gasteiger partial charge in [-0.15, -0.1) is 9.79 Å². The van der Waals surface area contributed by atoms with Gasteiger partial charge in [0.25, 0.3) is 0 Å². The lowest BCUT2D eigenvalue weighted by Crippen LogP contribution is -2.56. The maximum atomic E-state index is 8.70. The van der Waals surface area contributed by atoms with E-state index < -0.39 is 8.25 Å². The highest BCUT2D eigenvalue weighted by Crippen LogP contribution is 2.62. The molecule has 102 valence electrons. The Balaban J connectivity index is 0.000000223. The summed E-state index contributed by atoms with van der Waals surface area (Å²) in [6.07, 6.45) is 9.33. The first-order chi connectivity index (χ1) is 8.57. The molecule has 1 saturated heterocycles. The van der Waals surface area contributed by atoms with Crippen molar-refractivity contribution in [3.63, 3.8) is 0 Å². The third kappa shape index (κ3) is 2.35. The van der Waals surface area contributed by atoms with Crippen LogP contribution in [0, 0.1) is 23.2 Å². The third-order valence-corrected chi connectivity index (χ3v) is 5.17. The van der Waals surface area contributed by atoms with Gasteiger partial charge in [0.15, 0.2) is 0 Å². The molecule has 0 aromatic rings. The van der Waals surface area contributed by atoms with E-state index in [1.54, 1.807) is 0 Å². The van der Waals surface area contributed by atoms with Crippen LogP contribution in [0.5, 0.6) is 0 Å². The normalized spacial score (nSPS) is 48.1. The molecule has 2 N–H and O–H groups in total. The van der Waals surface area contributed by atoms with Crippen LogP contribution in [0.25, 0.3) is 0 Å². The fourth-order valence-corrected chi connectivity index (χ4v) is 4.99. The fourth-order valence-electron chi connectivity index (χ4n) is 4.99. The van der Waals surface area contributed by atoms with Crippen LogP contribution in [0.15, 0.2) is 0 Å². The molecule has 1 heterocycles. The van der Waals surface area contributed by atoms with Crippen LogP contribution in [-0.2, 0) is 14.3 Å². The Labute approximate surface area is 107 Å². The average molecular weight is 275 g/mol. The minimum Gasteiger partial charge on any atom is -0.233 e. The van der Waals surface area contributed by atoms with E-state index >= 15 is 0 Å². The maximum Gasteiger partial charge on any atom is 0.692 e. The molecule has 18 heavy (non-hydrogen) atoms. The van der Waals surface area contributed by atoms with Crippen molar-refractivity contribution in [3.05, 3.63) is 0 Å². The summed E-state index contributed by atoms with van der Waals surface area (Å²) < 4.78 is 8.70. The molecule has 0 aromatic carbocycles. The smallest absolute Gasteiger partial charge is 0.233 e. The van der Waals surface area contributed by atoms with Gasteiger partial charge in [-0.1, -0.05) is 0 Å². The molecule has 0 spiro atoms. The first kappa shape index (κ1) is 12.9. The maximum absolute atomic E-state index is 8.70. The van der Waals surface area contributed by atoms with Crippen molar-refractivity contribution in [1.82, 2.24) is 0 Å².